The Balaban J connectivity index is 3.10. The third-order valence-corrected chi connectivity index (χ3v) is 5.54. The van der Waals surface area contributed by atoms with Crippen molar-refractivity contribution in [2.75, 3.05) is 12.5 Å². The van der Waals surface area contributed by atoms with E-state index in [1.165, 1.54) is 28.9 Å². The Bertz CT molecular complexity index is 429. The molecule has 1 aromatic carbocycles. The average molecular weight is 260 g/mol. The SMILES string of the molecule is CSC(=CS(=O)(=O)c1ccccc1)SC. The predicted molar refractivity (Wildman–Crippen MR) is 68.7 cm³/mol. The van der Waals surface area contributed by atoms with Crippen LogP contribution < -0.4 is 0 Å². The maximum absolute atomic E-state index is 11.9. The van der Waals surface area contributed by atoms with Crippen LogP contribution in [0.15, 0.2) is 44.9 Å². The first kappa shape index (κ1) is 12.7. The molecule has 0 saturated carbocycles. The van der Waals surface area contributed by atoms with Crippen molar-refractivity contribution in [3.05, 3.63) is 40.0 Å². The van der Waals surface area contributed by atoms with Crippen LogP contribution in [0.3, 0.4) is 0 Å². The lowest BCUT2D eigenvalue weighted by Gasteiger charge is -2.01. The van der Waals surface area contributed by atoms with E-state index in [0.717, 1.165) is 4.24 Å². The fourth-order valence-corrected chi connectivity index (χ4v) is 4.11. The van der Waals surface area contributed by atoms with Crippen LogP contribution in [-0.4, -0.2) is 20.9 Å². The monoisotopic (exact) mass is 260 g/mol. The van der Waals surface area contributed by atoms with E-state index in [-0.39, 0.29) is 0 Å². The molecule has 1 aromatic rings. The molecule has 0 radical (unpaired) electrons. The lowest BCUT2D eigenvalue weighted by molar-refractivity contribution is 0.604. The van der Waals surface area contributed by atoms with E-state index in [9.17, 15) is 8.42 Å². The summed E-state index contributed by atoms with van der Waals surface area (Å²) in [6.45, 7) is 0. The average Bonchev–Trinajstić information content (AvgIpc) is 2.27. The standard InChI is InChI=1S/C10H12O2S3/c1-13-10(14-2)8-15(11,12)9-6-4-3-5-7-9/h3-8H,1-2H3. The molecule has 2 nitrogen and oxygen atoms in total. The Morgan fingerprint density at radius 1 is 1.13 bits per heavy atom. The molecule has 5 heteroatoms. The summed E-state index contributed by atoms with van der Waals surface area (Å²) in [4.78, 5) is 0.339. The zero-order valence-electron chi connectivity index (χ0n) is 8.51. The second-order valence-electron chi connectivity index (χ2n) is 2.70. The number of sulfone groups is 1. The van der Waals surface area contributed by atoms with Crippen LogP contribution >= 0.6 is 23.5 Å². The molecular weight excluding hydrogens is 248 g/mol. The summed E-state index contributed by atoms with van der Waals surface area (Å²) in [6, 6.07) is 8.44. The van der Waals surface area contributed by atoms with Gasteiger partial charge < -0.3 is 0 Å². The molecule has 0 bridgehead atoms. The van der Waals surface area contributed by atoms with Gasteiger partial charge in [-0.25, -0.2) is 8.42 Å². The third kappa shape index (κ3) is 3.59. The van der Waals surface area contributed by atoms with E-state index < -0.39 is 9.84 Å². The first-order chi connectivity index (χ1) is 7.10. The molecule has 0 saturated heterocycles. The number of benzene rings is 1. The summed E-state index contributed by atoms with van der Waals surface area (Å²) >= 11 is 2.87. The molecule has 0 fully saturated rings. The molecule has 15 heavy (non-hydrogen) atoms. The summed E-state index contributed by atoms with van der Waals surface area (Å²) < 4.78 is 24.5. The van der Waals surface area contributed by atoms with E-state index in [1.54, 1.807) is 30.3 Å². The van der Waals surface area contributed by atoms with Crippen LogP contribution in [-0.2, 0) is 9.84 Å². The number of hydrogen-bond acceptors (Lipinski definition) is 4. The lowest BCUT2D eigenvalue weighted by atomic mass is 10.4. The normalized spacial score (nSPS) is 11.1. The third-order valence-electron chi connectivity index (χ3n) is 1.73. The van der Waals surface area contributed by atoms with Crippen molar-refractivity contribution in [1.29, 1.82) is 0 Å². The Hall–Kier alpha value is -0.390. The van der Waals surface area contributed by atoms with Crippen LogP contribution in [0.1, 0.15) is 0 Å². The van der Waals surface area contributed by atoms with Crippen molar-refractivity contribution in [3.63, 3.8) is 0 Å². The quantitative estimate of drug-likeness (QED) is 0.833. The Labute approximate surface area is 99.1 Å². The topological polar surface area (TPSA) is 34.1 Å². The van der Waals surface area contributed by atoms with Crippen molar-refractivity contribution in [3.8, 4) is 0 Å². The maximum atomic E-state index is 11.9. The summed E-state index contributed by atoms with van der Waals surface area (Å²) in [5.74, 6) is 0. The van der Waals surface area contributed by atoms with Crippen LogP contribution in [0.5, 0.6) is 0 Å². The number of rotatable bonds is 4. The predicted octanol–water partition coefficient (Wildman–Crippen LogP) is 2.99. The van der Waals surface area contributed by atoms with E-state index in [2.05, 4.69) is 0 Å². The van der Waals surface area contributed by atoms with Gasteiger partial charge in [0, 0.05) is 0 Å². The summed E-state index contributed by atoms with van der Waals surface area (Å²) in [5, 5.41) is 1.32. The van der Waals surface area contributed by atoms with Gasteiger partial charge in [-0.05, 0) is 24.6 Å². The summed E-state index contributed by atoms with van der Waals surface area (Å²) in [6.07, 6.45) is 3.73. The first-order valence-corrected chi connectivity index (χ1v) is 8.19. The van der Waals surface area contributed by atoms with Gasteiger partial charge in [0.25, 0.3) is 0 Å². The first-order valence-electron chi connectivity index (χ1n) is 4.20. The van der Waals surface area contributed by atoms with E-state index in [4.69, 9.17) is 0 Å². The molecule has 0 spiro atoms. The highest BCUT2D eigenvalue weighted by Crippen LogP contribution is 2.26. The van der Waals surface area contributed by atoms with Crippen molar-refractivity contribution in [2.24, 2.45) is 0 Å². The molecule has 0 heterocycles. The highest BCUT2D eigenvalue weighted by Gasteiger charge is 2.11. The van der Waals surface area contributed by atoms with Gasteiger partial charge >= 0.3 is 0 Å². The zero-order valence-corrected chi connectivity index (χ0v) is 11.0. The fourth-order valence-electron chi connectivity index (χ4n) is 0.984. The molecule has 0 aliphatic heterocycles. The molecule has 0 amide bonds. The molecule has 82 valence electrons. The molecular formula is C10H12O2S3. The van der Waals surface area contributed by atoms with Gasteiger partial charge in [-0.2, -0.15) is 0 Å². The van der Waals surface area contributed by atoms with Gasteiger partial charge in [0.2, 0.25) is 9.84 Å². The minimum atomic E-state index is -3.29. The van der Waals surface area contributed by atoms with Gasteiger partial charge in [0.1, 0.15) is 0 Å². The van der Waals surface area contributed by atoms with Gasteiger partial charge in [-0.1, -0.05) is 18.2 Å². The largest absolute Gasteiger partial charge is 0.219 e. The Kier molecular flexibility index (Phi) is 4.76. The Morgan fingerprint density at radius 2 is 1.67 bits per heavy atom. The molecule has 0 atom stereocenters. The fraction of sp³-hybridized carbons (Fsp3) is 0.200. The van der Waals surface area contributed by atoms with Gasteiger partial charge in [0.15, 0.2) is 0 Å². The molecule has 0 aromatic heterocycles. The molecule has 0 aliphatic rings. The maximum Gasteiger partial charge on any atom is 0.201 e. The van der Waals surface area contributed by atoms with Crippen molar-refractivity contribution in [1.82, 2.24) is 0 Å². The van der Waals surface area contributed by atoms with Crippen molar-refractivity contribution >= 4 is 33.4 Å². The van der Waals surface area contributed by atoms with Crippen LogP contribution in [0.4, 0.5) is 0 Å². The van der Waals surface area contributed by atoms with Crippen LogP contribution in [0.25, 0.3) is 0 Å². The molecule has 0 unspecified atom stereocenters. The van der Waals surface area contributed by atoms with Crippen molar-refractivity contribution in [2.45, 2.75) is 4.90 Å². The molecule has 0 aliphatic carbocycles. The lowest BCUT2D eigenvalue weighted by Crippen LogP contribution is -1.96. The highest BCUT2D eigenvalue weighted by atomic mass is 32.2. The summed E-state index contributed by atoms with van der Waals surface area (Å²) in [7, 11) is -3.29. The van der Waals surface area contributed by atoms with E-state index in [0.29, 0.717) is 4.90 Å². The van der Waals surface area contributed by atoms with E-state index >= 15 is 0 Å². The van der Waals surface area contributed by atoms with Crippen LogP contribution in [0, 0.1) is 0 Å². The number of thioether (sulfide) groups is 2. The smallest absolute Gasteiger partial charge is 0.201 e. The zero-order chi connectivity index (χ0) is 11.3. The van der Waals surface area contributed by atoms with E-state index in [1.807, 2.05) is 12.5 Å². The number of hydrogen-bond donors (Lipinski definition) is 0. The minimum absolute atomic E-state index is 0.339. The second kappa shape index (κ2) is 5.63. The van der Waals surface area contributed by atoms with Gasteiger partial charge in [-0.15, -0.1) is 23.5 Å². The highest BCUT2D eigenvalue weighted by molar-refractivity contribution is 8.22. The van der Waals surface area contributed by atoms with Crippen LogP contribution in [0.2, 0.25) is 0 Å². The Morgan fingerprint density at radius 3 is 2.13 bits per heavy atom. The molecule has 1 rings (SSSR count). The summed E-state index contributed by atoms with van der Waals surface area (Å²) in [5.41, 5.74) is 0. The molecule has 0 N–H and O–H groups in total. The minimum Gasteiger partial charge on any atom is -0.219 e. The second-order valence-corrected chi connectivity index (χ2v) is 6.45. The van der Waals surface area contributed by atoms with Crippen molar-refractivity contribution < 1.29 is 8.42 Å². The van der Waals surface area contributed by atoms with Gasteiger partial charge in [-0.3, -0.25) is 0 Å². The van der Waals surface area contributed by atoms with Gasteiger partial charge in [0.05, 0.1) is 14.5 Å².